The molecule has 1 fully saturated rings. The average molecular weight is 372 g/mol. The molecule has 0 saturated carbocycles. The monoisotopic (exact) mass is 371 g/mol. The molecular formula is C14H11ClF5NO3. The molecule has 1 aliphatic heterocycles. The second-order valence-corrected chi connectivity index (χ2v) is 5.38. The summed E-state index contributed by atoms with van der Waals surface area (Å²) in [6.07, 6.45) is 0.501. The van der Waals surface area contributed by atoms with Crippen molar-refractivity contribution in [3.8, 4) is 5.75 Å². The van der Waals surface area contributed by atoms with Crippen LogP contribution in [0, 0.1) is 29.1 Å². The summed E-state index contributed by atoms with van der Waals surface area (Å²) in [5.41, 5.74) is 0. The largest absolute Gasteiger partial charge is 0.418 e. The third kappa shape index (κ3) is 3.31. The molecule has 132 valence electrons. The number of hydrogen-bond acceptors (Lipinski definition) is 3. The van der Waals surface area contributed by atoms with Crippen LogP contribution in [0.3, 0.4) is 0 Å². The van der Waals surface area contributed by atoms with Crippen molar-refractivity contribution in [1.82, 2.24) is 4.90 Å². The average Bonchev–Trinajstić information content (AvgIpc) is 3.05. The van der Waals surface area contributed by atoms with Gasteiger partial charge in [-0.15, -0.1) is 11.6 Å². The predicted octanol–water partition coefficient (Wildman–Crippen LogP) is 2.91. The lowest BCUT2D eigenvalue weighted by Gasteiger charge is -2.23. The zero-order valence-corrected chi connectivity index (χ0v) is 12.8. The molecule has 1 aliphatic rings. The zero-order valence-electron chi connectivity index (χ0n) is 12.1. The molecule has 1 amide bonds. The van der Waals surface area contributed by atoms with Crippen molar-refractivity contribution in [1.29, 1.82) is 0 Å². The van der Waals surface area contributed by atoms with E-state index in [0.29, 0.717) is 6.42 Å². The Balaban J connectivity index is 2.25. The second-order valence-electron chi connectivity index (χ2n) is 5.00. The van der Waals surface area contributed by atoms with Gasteiger partial charge < -0.3 is 9.64 Å². The van der Waals surface area contributed by atoms with E-state index in [4.69, 9.17) is 11.6 Å². The summed E-state index contributed by atoms with van der Waals surface area (Å²) in [6, 6.07) is -1.17. The summed E-state index contributed by atoms with van der Waals surface area (Å²) in [5.74, 6) is -14.7. The molecular weight excluding hydrogens is 361 g/mol. The summed E-state index contributed by atoms with van der Waals surface area (Å²) < 4.78 is 70.6. The summed E-state index contributed by atoms with van der Waals surface area (Å²) in [7, 11) is 0. The molecule has 0 radical (unpaired) electrons. The number of hydrogen-bond donors (Lipinski definition) is 0. The summed E-state index contributed by atoms with van der Waals surface area (Å²) >= 11 is 5.44. The first-order chi connectivity index (χ1) is 11.3. The lowest BCUT2D eigenvalue weighted by atomic mass is 10.2. The Hall–Kier alpha value is -1.90. The van der Waals surface area contributed by atoms with Crippen LogP contribution in [0.25, 0.3) is 0 Å². The molecule has 2 rings (SSSR count). The number of carbonyl (C=O) groups excluding carboxylic acids is 2. The summed E-state index contributed by atoms with van der Waals surface area (Å²) in [4.78, 5) is 24.9. The molecule has 1 aromatic rings. The summed E-state index contributed by atoms with van der Waals surface area (Å²) in [5, 5.41) is 0. The van der Waals surface area contributed by atoms with Gasteiger partial charge in [-0.2, -0.15) is 8.78 Å². The highest BCUT2D eigenvalue weighted by atomic mass is 35.5. The van der Waals surface area contributed by atoms with Crippen molar-refractivity contribution in [3.05, 3.63) is 29.1 Å². The standard InChI is InChI=1S/C14H11ClF5NO3/c15-4-3-7(22)21-5-1-2-6(21)14(23)24-13-11(19)9(17)8(16)10(18)12(13)20/h6H,1-5H2/t6-/m0/s1. The molecule has 0 aliphatic carbocycles. The Morgan fingerprint density at radius 1 is 1.04 bits per heavy atom. The molecule has 1 heterocycles. The number of benzene rings is 1. The van der Waals surface area contributed by atoms with Crippen LogP contribution >= 0.6 is 11.6 Å². The van der Waals surface area contributed by atoms with Crippen molar-refractivity contribution in [3.63, 3.8) is 0 Å². The van der Waals surface area contributed by atoms with Gasteiger partial charge in [-0.1, -0.05) is 0 Å². The molecule has 4 nitrogen and oxygen atoms in total. The van der Waals surface area contributed by atoms with Crippen molar-refractivity contribution >= 4 is 23.5 Å². The number of halogens is 6. The number of amides is 1. The van der Waals surface area contributed by atoms with Gasteiger partial charge in [0.1, 0.15) is 6.04 Å². The van der Waals surface area contributed by atoms with Crippen LogP contribution in [-0.4, -0.2) is 35.2 Å². The maximum absolute atomic E-state index is 13.5. The fraction of sp³-hybridized carbons (Fsp3) is 0.429. The molecule has 0 N–H and O–H groups in total. The quantitative estimate of drug-likeness (QED) is 0.204. The Morgan fingerprint density at radius 2 is 1.58 bits per heavy atom. The van der Waals surface area contributed by atoms with Crippen LogP contribution in [0.4, 0.5) is 22.0 Å². The topological polar surface area (TPSA) is 46.6 Å². The Bertz CT molecular complexity index is 656. The number of alkyl halides is 1. The third-order valence-corrected chi connectivity index (χ3v) is 3.71. The smallest absolute Gasteiger partial charge is 0.334 e. The van der Waals surface area contributed by atoms with Gasteiger partial charge in [0.05, 0.1) is 0 Å². The van der Waals surface area contributed by atoms with E-state index in [1.54, 1.807) is 0 Å². The molecule has 10 heteroatoms. The van der Waals surface area contributed by atoms with Crippen molar-refractivity contribution in [2.45, 2.75) is 25.3 Å². The van der Waals surface area contributed by atoms with Gasteiger partial charge in [-0.05, 0) is 12.8 Å². The molecule has 1 aromatic carbocycles. The molecule has 0 unspecified atom stereocenters. The van der Waals surface area contributed by atoms with Crippen LogP contribution in [0.1, 0.15) is 19.3 Å². The number of esters is 1. The number of nitrogens with zero attached hydrogens (tertiary/aromatic N) is 1. The maximum Gasteiger partial charge on any atom is 0.334 e. The highest BCUT2D eigenvalue weighted by molar-refractivity contribution is 6.19. The Kier molecular flexibility index (Phi) is 5.63. The minimum absolute atomic E-state index is 0.00867. The van der Waals surface area contributed by atoms with Gasteiger partial charge >= 0.3 is 5.97 Å². The molecule has 0 aromatic heterocycles. The normalized spacial score (nSPS) is 17.2. The van der Waals surface area contributed by atoms with Crippen LogP contribution in [0.15, 0.2) is 0 Å². The van der Waals surface area contributed by atoms with Gasteiger partial charge in [0.2, 0.25) is 40.7 Å². The molecule has 0 bridgehead atoms. The fourth-order valence-corrected chi connectivity index (χ4v) is 2.54. The fourth-order valence-electron chi connectivity index (χ4n) is 2.38. The van der Waals surface area contributed by atoms with Crippen LogP contribution < -0.4 is 4.74 Å². The van der Waals surface area contributed by atoms with E-state index in [1.807, 2.05) is 0 Å². The first-order valence-electron chi connectivity index (χ1n) is 6.88. The lowest BCUT2D eigenvalue weighted by molar-refractivity contribution is -0.146. The Morgan fingerprint density at radius 3 is 2.12 bits per heavy atom. The van der Waals surface area contributed by atoms with Crippen molar-refractivity contribution in [2.75, 3.05) is 12.4 Å². The van der Waals surface area contributed by atoms with E-state index in [-0.39, 0.29) is 25.3 Å². The molecule has 0 spiro atoms. The minimum atomic E-state index is -2.36. The van der Waals surface area contributed by atoms with Crippen molar-refractivity contribution in [2.24, 2.45) is 0 Å². The summed E-state index contributed by atoms with van der Waals surface area (Å²) in [6.45, 7) is 0.201. The van der Waals surface area contributed by atoms with Gasteiger partial charge in [0.25, 0.3) is 0 Å². The number of rotatable bonds is 4. The van der Waals surface area contributed by atoms with E-state index in [0.717, 1.165) is 4.90 Å². The van der Waals surface area contributed by atoms with Gasteiger partial charge in [-0.3, -0.25) is 4.79 Å². The highest BCUT2D eigenvalue weighted by Gasteiger charge is 2.37. The van der Waals surface area contributed by atoms with Gasteiger partial charge in [-0.25, -0.2) is 18.0 Å². The van der Waals surface area contributed by atoms with Gasteiger partial charge in [0, 0.05) is 18.8 Å². The van der Waals surface area contributed by atoms with E-state index < -0.39 is 52.8 Å². The second kappa shape index (κ2) is 7.33. The van der Waals surface area contributed by atoms with Crippen LogP contribution in [0.5, 0.6) is 5.75 Å². The third-order valence-electron chi connectivity index (χ3n) is 3.53. The lowest BCUT2D eigenvalue weighted by Crippen LogP contribution is -2.42. The number of likely N-dealkylation sites (tertiary alicyclic amines) is 1. The van der Waals surface area contributed by atoms with Crippen molar-refractivity contribution < 1.29 is 36.3 Å². The maximum atomic E-state index is 13.5. The van der Waals surface area contributed by atoms with Crippen LogP contribution in [-0.2, 0) is 9.59 Å². The van der Waals surface area contributed by atoms with Gasteiger partial charge in [0.15, 0.2) is 0 Å². The van der Waals surface area contributed by atoms with E-state index in [1.165, 1.54) is 0 Å². The molecule has 1 saturated heterocycles. The molecule has 24 heavy (non-hydrogen) atoms. The first kappa shape index (κ1) is 18.4. The first-order valence-corrected chi connectivity index (χ1v) is 7.41. The number of ether oxygens (including phenoxy) is 1. The van der Waals surface area contributed by atoms with E-state index in [2.05, 4.69) is 4.74 Å². The molecule has 1 atom stereocenters. The van der Waals surface area contributed by atoms with Crippen LogP contribution in [0.2, 0.25) is 0 Å². The zero-order chi connectivity index (χ0) is 18.0. The highest BCUT2D eigenvalue weighted by Crippen LogP contribution is 2.30. The SMILES string of the molecule is O=C(Oc1c(F)c(F)c(F)c(F)c1F)[C@@H]1CCCN1C(=O)CCCl. The number of carbonyl (C=O) groups is 2. The Labute approximate surface area is 138 Å². The predicted molar refractivity (Wildman–Crippen MR) is 71.9 cm³/mol. The minimum Gasteiger partial charge on any atom is -0.418 e. The van der Waals surface area contributed by atoms with E-state index in [9.17, 15) is 31.5 Å². The van der Waals surface area contributed by atoms with E-state index >= 15 is 0 Å².